The van der Waals surface area contributed by atoms with E-state index in [2.05, 4.69) is 31.4 Å². The number of nitrogens with one attached hydrogen (secondary N) is 2. The summed E-state index contributed by atoms with van der Waals surface area (Å²) in [7, 11) is 3.04. The second-order valence-corrected chi connectivity index (χ2v) is 8.35. The minimum Gasteiger partial charge on any atom is -0.497 e. The zero-order valence-electron chi connectivity index (χ0n) is 19.0. The van der Waals surface area contributed by atoms with Crippen LogP contribution < -0.4 is 20.1 Å². The van der Waals surface area contributed by atoms with Crippen molar-refractivity contribution < 1.29 is 19.1 Å². The van der Waals surface area contributed by atoms with Crippen molar-refractivity contribution in [2.24, 2.45) is 0 Å². The number of carbonyl (C=O) groups excluding carboxylic acids is 2. The molecule has 0 heterocycles. The number of rotatable bonds is 6. The first kappa shape index (κ1) is 22.9. The van der Waals surface area contributed by atoms with Crippen LogP contribution in [-0.4, -0.2) is 26.0 Å². The van der Waals surface area contributed by atoms with E-state index in [1.165, 1.54) is 7.11 Å². The van der Waals surface area contributed by atoms with Gasteiger partial charge in [0.25, 0.3) is 11.8 Å². The molecule has 166 valence electrons. The first-order valence-corrected chi connectivity index (χ1v) is 10.3. The zero-order chi connectivity index (χ0) is 23.3. The van der Waals surface area contributed by atoms with Gasteiger partial charge >= 0.3 is 0 Å². The Morgan fingerprint density at radius 2 is 1.34 bits per heavy atom. The lowest BCUT2D eigenvalue weighted by Gasteiger charge is -2.19. The molecule has 0 aliphatic heterocycles. The maximum Gasteiger partial charge on any atom is 0.259 e. The van der Waals surface area contributed by atoms with Gasteiger partial charge in [-0.05, 0) is 47.4 Å². The minimum atomic E-state index is -0.360. The zero-order valence-corrected chi connectivity index (χ0v) is 19.0. The highest BCUT2D eigenvalue weighted by Gasteiger charge is 2.17. The van der Waals surface area contributed by atoms with Gasteiger partial charge in [0.1, 0.15) is 11.5 Å². The van der Waals surface area contributed by atoms with Crippen LogP contribution in [0, 0.1) is 0 Å². The molecule has 0 unspecified atom stereocenters. The standard InChI is InChI=1S/C26H28N2O4/c1-26(2,3)18-12-10-17(11-13-18)24(29)27-21-8-6-7-9-22(21)28-25(30)20-15-14-19(31-4)16-23(20)32-5/h6-16H,1-5H3,(H,27,29)(H,28,30). The monoisotopic (exact) mass is 432 g/mol. The van der Waals surface area contributed by atoms with Crippen LogP contribution in [0.5, 0.6) is 11.5 Å². The predicted octanol–water partition coefficient (Wildman–Crippen LogP) is 5.51. The van der Waals surface area contributed by atoms with Crippen molar-refractivity contribution in [3.8, 4) is 11.5 Å². The number of methoxy groups -OCH3 is 2. The van der Waals surface area contributed by atoms with Gasteiger partial charge in [-0.25, -0.2) is 0 Å². The highest BCUT2D eigenvalue weighted by Crippen LogP contribution is 2.28. The first-order valence-electron chi connectivity index (χ1n) is 10.3. The van der Waals surface area contributed by atoms with Crippen LogP contribution in [0.15, 0.2) is 66.7 Å². The van der Waals surface area contributed by atoms with Gasteiger partial charge in [0, 0.05) is 11.6 Å². The summed E-state index contributed by atoms with van der Waals surface area (Å²) < 4.78 is 10.5. The molecule has 3 rings (SSSR count). The van der Waals surface area contributed by atoms with E-state index < -0.39 is 0 Å². The Morgan fingerprint density at radius 1 is 0.750 bits per heavy atom. The van der Waals surface area contributed by atoms with Crippen molar-refractivity contribution >= 4 is 23.2 Å². The molecule has 3 aromatic carbocycles. The third-order valence-corrected chi connectivity index (χ3v) is 5.09. The van der Waals surface area contributed by atoms with Crippen molar-refractivity contribution in [2.45, 2.75) is 26.2 Å². The van der Waals surface area contributed by atoms with E-state index >= 15 is 0 Å². The molecule has 6 nitrogen and oxygen atoms in total. The summed E-state index contributed by atoms with van der Waals surface area (Å²) in [6.45, 7) is 6.37. The van der Waals surface area contributed by atoms with E-state index in [0.29, 0.717) is 34.0 Å². The Hall–Kier alpha value is -3.80. The summed E-state index contributed by atoms with van der Waals surface area (Å²) >= 11 is 0. The minimum absolute atomic E-state index is 0.00833. The van der Waals surface area contributed by atoms with Gasteiger partial charge in [0.05, 0.1) is 31.2 Å². The molecule has 6 heteroatoms. The molecule has 0 aromatic heterocycles. The summed E-state index contributed by atoms with van der Waals surface area (Å²) in [4.78, 5) is 25.7. The van der Waals surface area contributed by atoms with E-state index in [-0.39, 0.29) is 17.2 Å². The van der Waals surface area contributed by atoms with E-state index in [1.807, 2.05) is 12.1 Å². The van der Waals surface area contributed by atoms with Gasteiger partial charge in [0.15, 0.2) is 0 Å². The summed E-state index contributed by atoms with van der Waals surface area (Å²) in [5, 5.41) is 5.73. The average molecular weight is 433 g/mol. The van der Waals surface area contributed by atoms with Crippen LogP contribution >= 0.6 is 0 Å². The lowest BCUT2D eigenvalue weighted by atomic mass is 9.87. The van der Waals surface area contributed by atoms with Crippen molar-refractivity contribution in [2.75, 3.05) is 24.9 Å². The molecule has 0 saturated carbocycles. The van der Waals surface area contributed by atoms with Crippen molar-refractivity contribution in [3.05, 3.63) is 83.4 Å². The number of hydrogen-bond acceptors (Lipinski definition) is 4. The van der Waals surface area contributed by atoms with Gasteiger partial charge in [-0.2, -0.15) is 0 Å². The van der Waals surface area contributed by atoms with Crippen LogP contribution in [0.25, 0.3) is 0 Å². The average Bonchev–Trinajstić information content (AvgIpc) is 2.79. The van der Waals surface area contributed by atoms with Crippen LogP contribution in [0.2, 0.25) is 0 Å². The Labute approximate surface area is 188 Å². The third kappa shape index (κ3) is 5.27. The number of hydrogen-bond donors (Lipinski definition) is 2. The number of anilines is 2. The Balaban J connectivity index is 1.79. The molecular formula is C26H28N2O4. The molecule has 0 aliphatic rings. The molecule has 0 bridgehead atoms. The summed E-state index contributed by atoms with van der Waals surface area (Å²) in [5.74, 6) is 0.362. The topological polar surface area (TPSA) is 76.7 Å². The van der Waals surface area contributed by atoms with Crippen molar-refractivity contribution in [3.63, 3.8) is 0 Å². The Bertz CT molecular complexity index is 1120. The van der Waals surface area contributed by atoms with E-state index in [0.717, 1.165) is 5.56 Å². The SMILES string of the molecule is COc1ccc(C(=O)Nc2ccccc2NC(=O)c2ccc(C(C)(C)C)cc2)c(OC)c1. The van der Waals surface area contributed by atoms with E-state index in [4.69, 9.17) is 9.47 Å². The smallest absolute Gasteiger partial charge is 0.259 e. The molecule has 0 fully saturated rings. The highest BCUT2D eigenvalue weighted by atomic mass is 16.5. The fraction of sp³-hybridized carbons (Fsp3) is 0.231. The maximum absolute atomic E-state index is 12.9. The molecule has 32 heavy (non-hydrogen) atoms. The van der Waals surface area contributed by atoms with Crippen molar-refractivity contribution in [1.29, 1.82) is 0 Å². The molecule has 2 N–H and O–H groups in total. The lowest BCUT2D eigenvalue weighted by Crippen LogP contribution is -2.17. The molecule has 0 saturated heterocycles. The number of carbonyl (C=O) groups is 2. The summed E-state index contributed by atoms with van der Waals surface area (Å²) in [6, 6.07) is 19.5. The fourth-order valence-corrected chi connectivity index (χ4v) is 3.19. The van der Waals surface area contributed by atoms with Crippen LogP contribution in [0.4, 0.5) is 11.4 Å². The van der Waals surface area contributed by atoms with Crippen LogP contribution in [0.3, 0.4) is 0 Å². The second-order valence-electron chi connectivity index (χ2n) is 8.35. The van der Waals surface area contributed by atoms with Crippen LogP contribution in [0.1, 0.15) is 47.1 Å². The van der Waals surface area contributed by atoms with Gasteiger partial charge in [-0.15, -0.1) is 0 Å². The van der Waals surface area contributed by atoms with Gasteiger partial charge in [0.2, 0.25) is 0 Å². The Morgan fingerprint density at radius 3 is 1.88 bits per heavy atom. The molecule has 0 atom stereocenters. The molecule has 3 aromatic rings. The lowest BCUT2D eigenvalue weighted by molar-refractivity contribution is 0.101. The normalized spacial score (nSPS) is 10.9. The Kier molecular flexibility index (Phi) is 6.83. The molecule has 0 radical (unpaired) electrons. The highest BCUT2D eigenvalue weighted by molar-refractivity contribution is 6.10. The van der Waals surface area contributed by atoms with Gasteiger partial charge in [-0.3, -0.25) is 9.59 Å². The maximum atomic E-state index is 12.9. The summed E-state index contributed by atoms with van der Waals surface area (Å²) in [6.07, 6.45) is 0. The number of amides is 2. The largest absolute Gasteiger partial charge is 0.497 e. The van der Waals surface area contributed by atoms with E-state index in [9.17, 15) is 9.59 Å². The molecule has 0 aliphatic carbocycles. The van der Waals surface area contributed by atoms with E-state index in [1.54, 1.807) is 61.7 Å². The molecule has 0 spiro atoms. The first-order chi connectivity index (χ1) is 15.2. The molecular weight excluding hydrogens is 404 g/mol. The quantitative estimate of drug-likeness (QED) is 0.539. The number of benzene rings is 3. The van der Waals surface area contributed by atoms with Gasteiger partial charge < -0.3 is 20.1 Å². The van der Waals surface area contributed by atoms with Crippen LogP contribution in [-0.2, 0) is 5.41 Å². The fourth-order valence-electron chi connectivity index (χ4n) is 3.19. The second kappa shape index (κ2) is 9.56. The van der Waals surface area contributed by atoms with Crippen molar-refractivity contribution in [1.82, 2.24) is 0 Å². The predicted molar refractivity (Wildman–Crippen MR) is 127 cm³/mol. The third-order valence-electron chi connectivity index (χ3n) is 5.09. The number of ether oxygens (including phenoxy) is 2. The summed E-state index contributed by atoms with van der Waals surface area (Å²) in [5.41, 5.74) is 3.03. The van der Waals surface area contributed by atoms with Gasteiger partial charge in [-0.1, -0.05) is 45.0 Å². The number of para-hydroxylation sites is 2. The molecule has 2 amide bonds.